The van der Waals surface area contributed by atoms with Crippen LogP contribution in [0.1, 0.15) is 51.4 Å². The number of carboxylic acids is 1. The van der Waals surface area contributed by atoms with Crippen molar-refractivity contribution in [2.24, 2.45) is 5.92 Å². The molecule has 2 heterocycles. The molecule has 0 bridgehead atoms. The lowest BCUT2D eigenvalue weighted by atomic mass is 9.78. The van der Waals surface area contributed by atoms with Crippen LogP contribution in [0.4, 0.5) is 0 Å². The molecule has 134 valence electrons. The topological polar surface area (TPSA) is 70.1 Å². The van der Waals surface area contributed by atoms with Gasteiger partial charge in [-0.25, -0.2) is 0 Å². The highest BCUT2D eigenvalue weighted by atomic mass is 16.5. The summed E-state index contributed by atoms with van der Waals surface area (Å²) in [6.45, 7) is 2.23. The Morgan fingerprint density at radius 3 is 2.46 bits per heavy atom. The molecule has 0 aromatic rings. The van der Waals surface area contributed by atoms with E-state index in [-0.39, 0.29) is 30.6 Å². The van der Waals surface area contributed by atoms with E-state index in [4.69, 9.17) is 9.84 Å². The van der Waals surface area contributed by atoms with Crippen LogP contribution >= 0.6 is 0 Å². The van der Waals surface area contributed by atoms with Gasteiger partial charge < -0.3 is 19.6 Å². The van der Waals surface area contributed by atoms with Gasteiger partial charge in [-0.15, -0.1) is 0 Å². The Balaban J connectivity index is 1.33. The van der Waals surface area contributed by atoms with Crippen LogP contribution in [0.25, 0.3) is 0 Å². The molecule has 1 amide bonds. The molecule has 24 heavy (non-hydrogen) atoms. The van der Waals surface area contributed by atoms with Gasteiger partial charge in [0.25, 0.3) is 0 Å². The Labute approximate surface area is 143 Å². The number of morpholine rings is 1. The smallest absolute Gasteiger partial charge is 0.306 e. The predicted molar refractivity (Wildman–Crippen MR) is 87.6 cm³/mol. The molecule has 2 atom stereocenters. The summed E-state index contributed by atoms with van der Waals surface area (Å²) in [4.78, 5) is 28.1. The van der Waals surface area contributed by atoms with Crippen LogP contribution in [0, 0.1) is 5.92 Å². The van der Waals surface area contributed by atoms with Crippen molar-refractivity contribution in [3.63, 3.8) is 0 Å². The second kappa shape index (κ2) is 6.64. The van der Waals surface area contributed by atoms with Crippen LogP contribution in [0.5, 0.6) is 0 Å². The highest BCUT2D eigenvalue weighted by Crippen LogP contribution is 2.36. The average Bonchev–Trinajstić information content (AvgIpc) is 2.54. The van der Waals surface area contributed by atoms with E-state index in [1.54, 1.807) is 0 Å². The maximum atomic E-state index is 12.5. The van der Waals surface area contributed by atoms with Crippen LogP contribution < -0.4 is 0 Å². The Kier molecular flexibility index (Phi) is 4.52. The van der Waals surface area contributed by atoms with Gasteiger partial charge in [-0.1, -0.05) is 12.8 Å². The zero-order chi connectivity index (χ0) is 16.7. The molecular weight excluding hydrogens is 308 g/mol. The first-order valence-corrected chi connectivity index (χ1v) is 9.53. The lowest BCUT2D eigenvalue weighted by molar-refractivity contribution is -0.167. The van der Waals surface area contributed by atoms with Crippen LogP contribution in [0.3, 0.4) is 0 Å². The van der Waals surface area contributed by atoms with E-state index in [1.807, 2.05) is 0 Å². The maximum absolute atomic E-state index is 12.5. The van der Waals surface area contributed by atoms with E-state index in [2.05, 4.69) is 9.80 Å². The van der Waals surface area contributed by atoms with Crippen LogP contribution in [0.15, 0.2) is 0 Å². The van der Waals surface area contributed by atoms with Gasteiger partial charge in [-0.05, 0) is 38.5 Å². The van der Waals surface area contributed by atoms with E-state index >= 15 is 0 Å². The van der Waals surface area contributed by atoms with Gasteiger partial charge in [0.05, 0.1) is 18.1 Å². The molecule has 2 aliphatic heterocycles. The first-order valence-electron chi connectivity index (χ1n) is 9.53. The molecule has 0 spiro atoms. The van der Waals surface area contributed by atoms with Gasteiger partial charge >= 0.3 is 5.97 Å². The van der Waals surface area contributed by atoms with Gasteiger partial charge in [0.2, 0.25) is 5.91 Å². The van der Waals surface area contributed by atoms with E-state index in [0.29, 0.717) is 12.1 Å². The summed E-state index contributed by atoms with van der Waals surface area (Å²) < 4.78 is 5.78. The fourth-order valence-corrected chi connectivity index (χ4v) is 5.12. The van der Waals surface area contributed by atoms with Crippen LogP contribution in [0.2, 0.25) is 0 Å². The van der Waals surface area contributed by atoms with Crippen LogP contribution in [-0.2, 0) is 14.3 Å². The highest BCUT2D eigenvalue weighted by molar-refractivity contribution is 5.79. The van der Waals surface area contributed by atoms with Crippen molar-refractivity contribution < 1.29 is 19.4 Å². The number of nitrogens with zero attached hydrogens (tertiary/aromatic N) is 2. The Morgan fingerprint density at radius 1 is 1.04 bits per heavy atom. The van der Waals surface area contributed by atoms with Crippen LogP contribution in [-0.4, -0.2) is 70.7 Å². The predicted octanol–water partition coefficient (Wildman–Crippen LogP) is 1.48. The molecule has 4 rings (SSSR count). The molecular formula is C18H28N2O4. The van der Waals surface area contributed by atoms with E-state index in [0.717, 1.165) is 51.6 Å². The van der Waals surface area contributed by atoms with Crippen molar-refractivity contribution in [3.8, 4) is 0 Å². The number of carbonyl (C=O) groups excluding carboxylic acids is 1. The number of hydrogen-bond acceptors (Lipinski definition) is 4. The second-order valence-corrected chi connectivity index (χ2v) is 7.93. The standard InChI is InChI=1S/C18H28N2O4/c21-17-11-24-16-4-2-1-3-15(16)20(17)13-5-7-19(8-6-13)14-9-12(10-14)18(22)23/h12-16H,1-11H2,(H,22,23)/t12?,14?,15-,16-/m0/s1. The summed E-state index contributed by atoms with van der Waals surface area (Å²) in [6.07, 6.45) is 8.46. The van der Waals surface area contributed by atoms with Crippen molar-refractivity contribution in [2.45, 2.75) is 75.6 Å². The molecule has 6 heteroatoms. The largest absolute Gasteiger partial charge is 0.481 e. The molecule has 1 N–H and O–H groups in total. The number of carbonyl (C=O) groups is 2. The molecule has 0 radical (unpaired) electrons. The molecule has 4 fully saturated rings. The van der Waals surface area contributed by atoms with Gasteiger partial charge in [-0.3, -0.25) is 9.59 Å². The van der Waals surface area contributed by atoms with E-state index in [9.17, 15) is 9.59 Å². The first kappa shape index (κ1) is 16.3. The molecule has 4 aliphatic rings. The fraction of sp³-hybridized carbons (Fsp3) is 0.889. The normalized spacial score (nSPS) is 38.5. The SMILES string of the molecule is O=C(O)C1CC(N2CCC(N3C(=O)CO[C@H]4CCCC[C@@H]43)CC2)C1. The van der Waals surface area contributed by atoms with Gasteiger partial charge in [0, 0.05) is 25.2 Å². The fourth-order valence-electron chi connectivity index (χ4n) is 5.12. The molecule has 2 saturated heterocycles. The zero-order valence-corrected chi connectivity index (χ0v) is 14.2. The Morgan fingerprint density at radius 2 is 1.75 bits per heavy atom. The number of ether oxygens (including phenoxy) is 1. The summed E-state index contributed by atoms with van der Waals surface area (Å²) in [5.74, 6) is -0.619. The van der Waals surface area contributed by atoms with Gasteiger partial charge in [0.1, 0.15) is 6.61 Å². The van der Waals surface area contributed by atoms with Crippen molar-refractivity contribution >= 4 is 11.9 Å². The molecule has 2 aliphatic carbocycles. The minimum atomic E-state index is -0.650. The number of piperidine rings is 1. The second-order valence-electron chi connectivity index (χ2n) is 7.93. The summed E-state index contributed by atoms with van der Waals surface area (Å²) in [7, 11) is 0. The average molecular weight is 336 g/mol. The molecule has 0 aromatic carbocycles. The molecule has 6 nitrogen and oxygen atoms in total. The number of amides is 1. The molecule has 2 saturated carbocycles. The summed E-state index contributed by atoms with van der Waals surface area (Å²) >= 11 is 0. The van der Waals surface area contributed by atoms with Crippen molar-refractivity contribution in [1.82, 2.24) is 9.80 Å². The Bertz CT molecular complexity index is 497. The molecule has 0 unspecified atom stereocenters. The first-order chi connectivity index (χ1) is 11.6. The third-order valence-electron chi connectivity index (χ3n) is 6.61. The highest BCUT2D eigenvalue weighted by Gasteiger charge is 2.44. The molecule has 0 aromatic heterocycles. The third-order valence-corrected chi connectivity index (χ3v) is 6.61. The minimum absolute atomic E-state index is 0.142. The monoisotopic (exact) mass is 336 g/mol. The number of likely N-dealkylation sites (tertiary alicyclic amines) is 1. The zero-order valence-electron chi connectivity index (χ0n) is 14.2. The Hall–Kier alpha value is -1.14. The van der Waals surface area contributed by atoms with Crippen molar-refractivity contribution in [1.29, 1.82) is 0 Å². The number of fused-ring (bicyclic) bond motifs is 1. The lowest BCUT2D eigenvalue weighted by Crippen LogP contribution is -2.61. The number of rotatable bonds is 3. The summed E-state index contributed by atoms with van der Waals surface area (Å²) in [5.41, 5.74) is 0. The number of hydrogen-bond donors (Lipinski definition) is 1. The van der Waals surface area contributed by atoms with Gasteiger partial charge in [-0.2, -0.15) is 0 Å². The van der Waals surface area contributed by atoms with Gasteiger partial charge in [0.15, 0.2) is 0 Å². The minimum Gasteiger partial charge on any atom is -0.481 e. The maximum Gasteiger partial charge on any atom is 0.306 e. The number of carboxylic acid groups (broad SMARTS) is 1. The quantitative estimate of drug-likeness (QED) is 0.845. The van der Waals surface area contributed by atoms with E-state index < -0.39 is 5.97 Å². The lowest BCUT2D eigenvalue weighted by Gasteiger charge is -2.50. The summed E-state index contributed by atoms with van der Waals surface area (Å²) in [6, 6.07) is 1.07. The van der Waals surface area contributed by atoms with Crippen molar-refractivity contribution in [2.75, 3.05) is 19.7 Å². The van der Waals surface area contributed by atoms with Crippen molar-refractivity contribution in [3.05, 3.63) is 0 Å². The number of aliphatic carboxylic acids is 1. The summed E-state index contributed by atoms with van der Waals surface area (Å²) in [5, 5.41) is 9.03. The van der Waals surface area contributed by atoms with E-state index in [1.165, 1.54) is 12.8 Å². The third kappa shape index (κ3) is 2.94.